The molecule has 0 aliphatic carbocycles. The van der Waals surface area contributed by atoms with Gasteiger partial charge in [0.05, 0.1) is 17.8 Å². The molecule has 2 heterocycles. The van der Waals surface area contributed by atoms with Crippen molar-refractivity contribution >= 4 is 34.5 Å². The number of aromatic nitrogens is 1. The number of anilines is 2. The van der Waals surface area contributed by atoms with Crippen molar-refractivity contribution in [3.63, 3.8) is 0 Å². The molecule has 3 aromatic rings. The van der Waals surface area contributed by atoms with Crippen LogP contribution in [0.25, 0.3) is 10.6 Å². The van der Waals surface area contributed by atoms with Crippen molar-refractivity contribution in [3.8, 4) is 16.3 Å². The third-order valence-electron chi connectivity index (χ3n) is 3.86. The van der Waals surface area contributed by atoms with Crippen LogP contribution in [0.5, 0.6) is 5.75 Å². The Balaban J connectivity index is 1.43. The second-order valence-corrected chi connectivity index (χ2v) is 6.79. The van der Waals surface area contributed by atoms with Gasteiger partial charge in [0.1, 0.15) is 16.6 Å². The zero-order chi connectivity index (χ0) is 18.8. The number of rotatable bonds is 4. The number of carbonyl (C=O) groups is 2. The number of hydrogen-bond acceptors (Lipinski definition) is 5. The highest BCUT2D eigenvalue weighted by molar-refractivity contribution is 7.13. The van der Waals surface area contributed by atoms with Gasteiger partial charge in [-0.3, -0.25) is 9.59 Å². The Morgan fingerprint density at radius 2 is 2.19 bits per heavy atom. The SMILES string of the molecule is O=C(Cc1csc(-c2cccc(F)c2)n1)Nc1ccc2c(c1)NC(=O)CO2. The molecule has 0 bridgehead atoms. The molecule has 136 valence electrons. The van der Waals surface area contributed by atoms with E-state index in [1.54, 1.807) is 35.7 Å². The van der Waals surface area contributed by atoms with E-state index in [-0.39, 0.29) is 30.7 Å². The van der Waals surface area contributed by atoms with Crippen LogP contribution in [0.4, 0.5) is 15.8 Å². The summed E-state index contributed by atoms with van der Waals surface area (Å²) in [5.41, 5.74) is 2.35. The Hall–Kier alpha value is -3.26. The summed E-state index contributed by atoms with van der Waals surface area (Å²) in [6.07, 6.45) is 0.0890. The molecule has 0 unspecified atom stereocenters. The smallest absolute Gasteiger partial charge is 0.262 e. The van der Waals surface area contributed by atoms with Gasteiger partial charge in [0.25, 0.3) is 5.91 Å². The lowest BCUT2D eigenvalue weighted by atomic mass is 10.2. The summed E-state index contributed by atoms with van der Waals surface area (Å²) >= 11 is 1.36. The Labute approximate surface area is 158 Å². The third-order valence-corrected chi connectivity index (χ3v) is 4.80. The van der Waals surface area contributed by atoms with Crippen LogP contribution in [0, 0.1) is 5.82 Å². The number of nitrogens with zero attached hydrogens (tertiary/aromatic N) is 1. The number of amides is 2. The summed E-state index contributed by atoms with van der Waals surface area (Å²) in [4.78, 5) is 28.1. The first-order valence-corrected chi connectivity index (χ1v) is 9.02. The van der Waals surface area contributed by atoms with Crippen molar-refractivity contribution in [2.45, 2.75) is 6.42 Å². The number of ether oxygens (including phenoxy) is 1. The van der Waals surface area contributed by atoms with Crippen molar-refractivity contribution in [2.24, 2.45) is 0 Å². The molecule has 0 spiro atoms. The van der Waals surface area contributed by atoms with Crippen molar-refractivity contribution < 1.29 is 18.7 Å². The Morgan fingerprint density at radius 3 is 3.04 bits per heavy atom. The second kappa shape index (κ2) is 7.16. The lowest BCUT2D eigenvalue weighted by Gasteiger charge is -2.18. The van der Waals surface area contributed by atoms with Gasteiger partial charge in [-0.1, -0.05) is 12.1 Å². The van der Waals surface area contributed by atoms with E-state index in [0.717, 1.165) is 0 Å². The first-order chi connectivity index (χ1) is 13.1. The maximum absolute atomic E-state index is 13.3. The molecule has 1 aromatic heterocycles. The van der Waals surface area contributed by atoms with Gasteiger partial charge in [-0.2, -0.15) is 0 Å². The zero-order valence-corrected chi connectivity index (χ0v) is 14.8. The number of halogens is 1. The lowest BCUT2D eigenvalue weighted by molar-refractivity contribution is -0.118. The van der Waals surface area contributed by atoms with E-state index in [9.17, 15) is 14.0 Å². The lowest BCUT2D eigenvalue weighted by Crippen LogP contribution is -2.25. The van der Waals surface area contributed by atoms with Crippen LogP contribution >= 0.6 is 11.3 Å². The van der Waals surface area contributed by atoms with E-state index < -0.39 is 0 Å². The van der Waals surface area contributed by atoms with Crippen molar-refractivity contribution in [3.05, 3.63) is 59.4 Å². The number of hydrogen-bond donors (Lipinski definition) is 2. The third kappa shape index (κ3) is 3.95. The predicted molar refractivity (Wildman–Crippen MR) is 100 cm³/mol. The molecule has 2 aromatic carbocycles. The fraction of sp³-hybridized carbons (Fsp3) is 0.105. The Bertz CT molecular complexity index is 1030. The van der Waals surface area contributed by atoms with Crippen LogP contribution < -0.4 is 15.4 Å². The summed E-state index contributed by atoms with van der Waals surface area (Å²) in [5.74, 6) is -0.246. The average molecular weight is 383 g/mol. The van der Waals surface area contributed by atoms with Gasteiger partial charge >= 0.3 is 0 Å². The zero-order valence-electron chi connectivity index (χ0n) is 14.0. The molecule has 4 rings (SSSR count). The second-order valence-electron chi connectivity index (χ2n) is 5.93. The first-order valence-electron chi connectivity index (χ1n) is 8.14. The normalized spacial score (nSPS) is 12.7. The maximum Gasteiger partial charge on any atom is 0.262 e. The molecule has 1 aliphatic heterocycles. The molecule has 2 N–H and O–H groups in total. The van der Waals surface area contributed by atoms with Gasteiger partial charge in [-0.05, 0) is 30.3 Å². The summed E-state index contributed by atoms with van der Waals surface area (Å²) in [7, 11) is 0. The molecule has 0 atom stereocenters. The predicted octanol–water partition coefficient (Wildman–Crippen LogP) is 3.46. The minimum atomic E-state index is -0.328. The molecule has 0 saturated heterocycles. The van der Waals surface area contributed by atoms with Crippen molar-refractivity contribution in [1.29, 1.82) is 0 Å². The van der Waals surface area contributed by atoms with E-state index in [2.05, 4.69) is 15.6 Å². The minimum Gasteiger partial charge on any atom is -0.482 e. The van der Waals surface area contributed by atoms with Gasteiger partial charge in [0.2, 0.25) is 5.91 Å². The largest absolute Gasteiger partial charge is 0.482 e. The quantitative estimate of drug-likeness (QED) is 0.723. The highest BCUT2D eigenvalue weighted by Crippen LogP contribution is 2.30. The number of carbonyl (C=O) groups excluding carboxylic acids is 2. The van der Waals surface area contributed by atoms with Crippen LogP contribution in [0.1, 0.15) is 5.69 Å². The molecular formula is C19H14FN3O3S. The van der Waals surface area contributed by atoms with E-state index in [4.69, 9.17) is 4.74 Å². The highest BCUT2D eigenvalue weighted by atomic mass is 32.1. The van der Waals surface area contributed by atoms with Crippen LogP contribution in [-0.4, -0.2) is 23.4 Å². The molecule has 1 aliphatic rings. The van der Waals surface area contributed by atoms with Crippen LogP contribution in [0.15, 0.2) is 47.8 Å². The summed E-state index contributed by atoms with van der Waals surface area (Å²) in [6, 6.07) is 11.2. The number of thiazole rings is 1. The van der Waals surface area contributed by atoms with E-state index in [0.29, 0.717) is 33.4 Å². The van der Waals surface area contributed by atoms with Gasteiger partial charge in [-0.15, -0.1) is 11.3 Å². The fourth-order valence-electron chi connectivity index (χ4n) is 2.67. The van der Waals surface area contributed by atoms with E-state index in [1.807, 2.05) is 0 Å². The maximum atomic E-state index is 13.3. The number of fused-ring (bicyclic) bond motifs is 1. The molecular weight excluding hydrogens is 369 g/mol. The molecule has 8 heteroatoms. The topological polar surface area (TPSA) is 80.3 Å². The van der Waals surface area contributed by atoms with Crippen molar-refractivity contribution in [2.75, 3.05) is 17.2 Å². The van der Waals surface area contributed by atoms with Gasteiger partial charge in [0, 0.05) is 16.6 Å². The summed E-state index contributed by atoms with van der Waals surface area (Å²) in [5, 5.41) is 7.90. The summed E-state index contributed by atoms with van der Waals surface area (Å²) in [6.45, 7) is -0.0177. The standard InChI is InChI=1S/C19H14FN3O3S/c20-12-3-1-2-11(6-12)19-22-14(10-27-19)8-17(24)21-13-4-5-16-15(7-13)23-18(25)9-26-16/h1-7,10H,8-9H2,(H,21,24)(H,23,25). The first kappa shape index (κ1) is 17.2. The molecule has 0 saturated carbocycles. The van der Waals surface area contributed by atoms with E-state index >= 15 is 0 Å². The minimum absolute atomic E-state index is 0.0177. The average Bonchev–Trinajstić information content (AvgIpc) is 3.09. The summed E-state index contributed by atoms with van der Waals surface area (Å²) < 4.78 is 18.6. The molecule has 0 radical (unpaired) electrons. The molecule has 0 fully saturated rings. The van der Waals surface area contributed by atoms with Crippen LogP contribution in [0.3, 0.4) is 0 Å². The number of nitrogens with one attached hydrogen (secondary N) is 2. The highest BCUT2D eigenvalue weighted by Gasteiger charge is 2.17. The van der Waals surface area contributed by atoms with Crippen LogP contribution in [-0.2, 0) is 16.0 Å². The fourth-order valence-corrected chi connectivity index (χ4v) is 3.49. The Morgan fingerprint density at radius 1 is 1.30 bits per heavy atom. The van der Waals surface area contributed by atoms with E-state index in [1.165, 1.54) is 23.5 Å². The molecule has 2 amide bonds. The Kier molecular flexibility index (Phi) is 4.55. The number of benzene rings is 2. The molecule has 6 nitrogen and oxygen atoms in total. The van der Waals surface area contributed by atoms with Gasteiger partial charge in [-0.25, -0.2) is 9.37 Å². The monoisotopic (exact) mass is 383 g/mol. The van der Waals surface area contributed by atoms with Crippen LogP contribution in [0.2, 0.25) is 0 Å². The van der Waals surface area contributed by atoms with Crippen molar-refractivity contribution in [1.82, 2.24) is 4.98 Å². The van der Waals surface area contributed by atoms with Gasteiger partial charge in [0.15, 0.2) is 6.61 Å². The molecule has 27 heavy (non-hydrogen) atoms. The van der Waals surface area contributed by atoms with Gasteiger partial charge < -0.3 is 15.4 Å².